The van der Waals surface area contributed by atoms with Gasteiger partial charge in [-0.3, -0.25) is 10.2 Å². The molecule has 1 fully saturated rings. The Morgan fingerprint density at radius 3 is 2.79 bits per heavy atom. The van der Waals surface area contributed by atoms with E-state index in [2.05, 4.69) is 28.0 Å². The van der Waals surface area contributed by atoms with Crippen molar-refractivity contribution in [2.45, 2.75) is 33.2 Å². The number of likely N-dealkylation sites (tertiary alicyclic amines) is 1. The molecule has 0 aliphatic carbocycles. The standard InChI is InChI=1S/C24H26N6O2S/c1-16-7-8-20(17(2)14-16)32-13-12-28-11-5-6-18(28)15-19-21(25)30-23(26-22(19)31)33-24(27-30)29-9-3-4-10-29/h5-8,11,14-15,25H,3-4,9-10,12-13H2,1-2H3/b19-15-,25-21?. The normalized spacial score (nSPS) is 19.3. The van der Waals surface area contributed by atoms with Crippen molar-refractivity contribution < 1.29 is 9.53 Å². The summed E-state index contributed by atoms with van der Waals surface area (Å²) in [7, 11) is 0. The van der Waals surface area contributed by atoms with Crippen LogP contribution in [0.15, 0.2) is 52.2 Å². The summed E-state index contributed by atoms with van der Waals surface area (Å²) in [6.07, 6.45) is 5.93. The van der Waals surface area contributed by atoms with Gasteiger partial charge >= 0.3 is 0 Å². The van der Waals surface area contributed by atoms with Crippen LogP contribution < -0.4 is 4.74 Å². The predicted octanol–water partition coefficient (Wildman–Crippen LogP) is 3.86. The Morgan fingerprint density at radius 2 is 2.00 bits per heavy atom. The average molecular weight is 463 g/mol. The number of aliphatic imine (C=N–C) groups is 1. The Bertz CT molecular complexity index is 1210. The fraction of sp³-hybridized carbons (Fsp3) is 0.333. The van der Waals surface area contributed by atoms with E-state index in [-0.39, 0.29) is 11.4 Å². The van der Waals surface area contributed by atoms with Gasteiger partial charge < -0.3 is 14.2 Å². The van der Waals surface area contributed by atoms with Crippen molar-refractivity contribution in [3.63, 3.8) is 0 Å². The molecule has 8 nitrogen and oxygen atoms in total. The van der Waals surface area contributed by atoms with Gasteiger partial charge in [0, 0.05) is 25.0 Å². The third kappa shape index (κ3) is 4.32. The first-order valence-corrected chi connectivity index (χ1v) is 11.9. The predicted molar refractivity (Wildman–Crippen MR) is 132 cm³/mol. The van der Waals surface area contributed by atoms with E-state index >= 15 is 0 Å². The molecule has 1 N–H and O–H groups in total. The van der Waals surface area contributed by atoms with Gasteiger partial charge in [-0.05, 0) is 68.3 Å². The molecule has 2 aromatic rings. The number of amidine groups is 3. The van der Waals surface area contributed by atoms with Gasteiger partial charge in [-0.15, -0.1) is 5.10 Å². The Kier molecular flexibility index (Phi) is 5.80. The molecule has 0 saturated carbocycles. The number of amides is 1. The second kappa shape index (κ2) is 8.90. The summed E-state index contributed by atoms with van der Waals surface area (Å²) in [6.45, 7) is 7.12. The number of rotatable bonds is 5. The lowest BCUT2D eigenvalue weighted by molar-refractivity contribution is -0.114. The van der Waals surface area contributed by atoms with Crippen molar-refractivity contribution >= 4 is 39.9 Å². The zero-order valence-corrected chi connectivity index (χ0v) is 19.6. The number of carbonyl (C=O) groups excluding carboxylic acids is 1. The van der Waals surface area contributed by atoms with Gasteiger partial charge in [0.2, 0.25) is 5.17 Å². The number of aromatic nitrogens is 1. The number of hydrogen-bond donors (Lipinski definition) is 1. The van der Waals surface area contributed by atoms with Crippen LogP contribution in [-0.4, -0.2) is 56.3 Å². The van der Waals surface area contributed by atoms with Crippen molar-refractivity contribution in [3.8, 4) is 5.75 Å². The number of thioether (sulfide) groups is 1. The minimum absolute atomic E-state index is 0.0611. The molecule has 1 aromatic heterocycles. The van der Waals surface area contributed by atoms with E-state index < -0.39 is 5.91 Å². The topological polar surface area (TPSA) is 86.3 Å². The van der Waals surface area contributed by atoms with E-state index in [0.29, 0.717) is 18.3 Å². The Hall–Kier alpha value is -3.33. The first-order chi connectivity index (χ1) is 16.0. The minimum Gasteiger partial charge on any atom is -0.491 e. The van der Waals surface area contributed by atoms with Crippen molar-refractivity contribution in [1.82, 2.24) is 14.5 Å². The molecule has 33 heavy (non-hydrogen) atoms. The SMILES string of the molecule is Cc1ccc(OCCn2cccc2/C=C2/C(=N)N3N=C(N4CCCC4)SC3=NC2=O)c(C)c1. The molecular weight excluding hydrogens is 436 g/mol. The molecule has 1 aromatic carbocycles. The lowest BCUT2D eigenvalue weighted by Gasteiger charge is -2.20. The number of carbonyl (C=O) groups is 1. The summed E-state index contributed by atoms with van der Waals surface area (Å²) in [5, 5.41) is 15.9. The van der Waals surface area contributed by atoms with Crippen LogP contribution in [0.3, 0.4) is 0 Å². The van der Waals surface area contributed by atoms with Gasteiger partial charge in [-0.25, -0.2) is 0 Å². The highest BCUT2D eigenvalue weighted by molar-refractivity contribution is 8.26. The van der Waals surface area contributed by atoms with E-state index in [4.69, 9.17) is 10.1 Å². The highest BCUT2D eigenvalue weighted by Crippen LogP contribution is 2.31. The summed E-state index contributed by atoms with van der Waals surface area (Å²) in [5.41, 5.74) is 3.37. The van der Waals surface area contributed by atoms with Gasteiger partial charge in [0.05, 0.1) is 12.1 Å². The number of benzene rings is 1. The highest BCUT2D eigenvalue weighted by atomic mass is 32.2. The fourth-order valence-corrected chi connectivity index (χ4v) is 5.09. The Balaban J connectivity index is 1.30. The minimum atomic E-state index is -0.407. The molecule has 170 valence electrons. The monoisotopic (exact) mass is 462 g/mol. The molecule has 0 bridgehead atoms. The van der Waals surface area contributed by atoms with Gasteiger partial charge in [0.25, 0.3) is 5.91 Å². The number of nitrogens with one attached hydrogen (secondary N) is 1. The van der Waals surface area contributed by atoms with Gasteiger partial charge in [0.1, 0.15) is 12.4 Å². The van der Waals surface area contributed by atoms with E-state index in [9.17, 15) is 4.79 Å². The molecule has 3 aliphatic heterocycles. The van der Waals surface area contributed by atoms with E-state index in [1.165, 1.54) is 22.3 Å². The van der Waals surface area contributed by atoms with E-state index in [0.717, 1.165) is 48.1 Å². The molecular formula is C24H26N6O2S. The molecule has 0 atom stereocenters. The van der Waals surface area contributed by atoms with E-state index in [1.807, 2.05) is 42.0 Å². The van der Waals surface area contributed by atoms with Crippen LogP contribution in [0.2, 0.25) is 0 Å². The van der Waals surface area contributed by atoms with Crippen LogP contribution in [0.4, 0.5) is 0 Å². The largest absolute Gasteiger partial charge is 0.491 e. The van der Waals surface area contributed by atoms with E-state index in [1.54, 1.807) is 6.08 Å². The molecule has 5 rings (SSSR count). The number of fused-ring (bicyclic) bond motifs is 1. The fourth-order valence-electron chi connectivity index (χ4n) is 4.14. The second-order valence-electron chi connectivity index (χ2n) is 8.34. The first-order valence-electron chi connectivity index (χ1n) is 11.1. The number of ether oxygens (including phenoxy) is 1. The smallest absolute Gasteiger partial charge is 0.283 e. The molecule has 3 aliphatic rings. The maximum atomic E-state index is 12.7. The van der Waals surface area contributed by atoms with Crippen LogP contribution >= 0.6 is 11.8 Å². The molecule has 9 heteroatoms. The van der Waals surface area contributed by atoms with Crippen LogP contribution in [0, 0.1) is 19.3 Å². The summed E-state index contributed by atoms with van der Waals surface area (Å²) in [4.78, 5) is 19.1. The van der Waals surface area contributed by atoms with Crippen LogP contribution in [0.25, 0.3) is 6.08 Å². The first kappa shape index (κ1) is 21.5. The molecule has 4 heterocycles. The number of hydrazone groups is 1. The van der Waals surface area contributed by atoms with Crippen molar-refractivity contribution in [2.75, 3.05) is 19.7 Å². The highest BCUT2D eigenvalue weighted by Gasteiger charge is 2.37. The average Bonchev–Trinajstić information content (AvgIpc) is 3.53. The summed E-state index contributed by atoms with van der Waals surface area (Å²) in [6, 6.07) is 9.97. The number of aryl methyl sites for hydroxylation is 2. The molecule has 0 radical (unpaired) electrons. The van der Waals surface area contributed by atoms with Crippen molar-refractivity contribution in [3.05, 3.63) is 58.9 Å². The van der Waals surface area contributed by atoms with Crippen molar-refractivity contribution in [2.24, 2.45) is 10.1 Å². The summed E-state index contributed by atoms with van der Waals surface area (Å²) >= 11 is 1.36. The lowest BCUT2D eigenvalue weighted by atomic mass is 10.1. The Labute approximate surface area is 197 Å². The van der Waals surface area contributed by atoms with Crippen LogP contribution in [-0.2, 0) is 11.3 Å². The molecule has 1 amide bonds. The third-order valence-electron chi connectivity index (χ3n) is 5.90. The van der Waals surface area contributed by atoms with Crippen LogP contribution in [0.5, 0.6) is 5.75 Å². The molecule has 1 saturated heterocycles. The van der Waals surface area contributed by atoms with Crippen LogP contribution in [0.1, 0.15) is 29.7 Å². The number of hydrogen-bond acceptors (Lipinski definition) is 6. The zero-order chi connectivity index (χ0) is 22.9. The van der Waals surface area contributed by atoms with Gasteiger partial charge in [-0.2, -0.15) is 10.0 Å². The summed E-state index contributed by atoms with van der Waals surface area (Å²) in [5.74, 6) is 0.527. The summed E-state index contributed by atoms with van der Waals surface area (Å²) < 4.78 is 7.97. The number of nitrogens with zero attached hydrogens (tertiary/aromatic N) is 5. The maximum absolute atomic E-state index is 12.7. The molecule has 0 unspecified atom stereocenters. The Morgan fingerprint density at radius 1 is 1.18 bits per heavy atom. The quantitative estimate of drug-likeness (QED) is 0.682. The lowest BCUT2D eigenvalue weighted by Crippen LogP contribution is -2.35. The van der Waals surface area contributed by atoms with Gasteiger partial charge in [-0.1, -0.05) is 17.7 Å². The van der Waals surface area contributed by atoms with Crippen molar-refractivity contribution in [1.29, 1.82) is 5.41 Å². The van der Waals surface area contributed by atoms with Gasteiger partial charge in [0.15, 0.2) is 11.0 Å². The third-order valence-corrected chi connectivity index (χ3v) is 6.87. The molecule has 0 spiro atoms. The zero-order valence-electron chi connectivity index (χ0n) is 18.7. The second-order valence-corrected chi connectivity index (χ2v) is 9.28. The maximum Gasteiger partial charge on any atom is 0.283 e.